The third kappa shape index (κ3) is 5.68. The number of ether oxygens (including phenoxy) is 2. The summed E-state index contributed by atoms with van der Waals surface area (Å²) in [4.78, 5) is 52.3. The average molecular weight is 858 g/mol. The molecule has 4 amide bonds. The van der Waals surface area contributed by atoms with Gasteiger partial charge in [-0.25, -0.2) is 31.2 Å². The Labute approximate surface area is 341 Å². The molecule has 2 saturated heterocycles. The Kier molecular flexibility index (Phi) is 9.62. The van der Waals surface area contributed by atoms with Crippen LogP contribution in [0.15, 0.2) is 72.3 Å². The molecule has 1 saturated carbocycles. The highest BCUT2D eigenvalue weighted by Gasteiger charge is 2.77. The molecule has 9 nitrogen and oxygen atoms in total. The summed E-state index contributed by atoms with van der Waals surface area (Å²) < 4.78 is 99.4. The maximum Gasteiger partial charge on any atom is 0.258 e. The molecular formula is C42H28Cl2F6N2O7. The molecule has 6 atom stereocenters. The van der Waals surface area contributed by atoms with Gasteiger partial charge in [0.15, 0.2) is 44.6 Å². The lowest BCUT2D eigenvalue weighted by Gasteiger charge is -2.50. The fraction of sp³-hybridized carbons (Fsp3) is 0.238. The number of phenolic OH excluding ortho intramolecular Hbond substituents is 1. The van der Waals surface area contributed by atoms with Gasteiger partial charge in [0.05, 0.1) is 31.7 Å². The van der Waals surface area contributed by atoms with Crippen molar-refractivity contribution in [2.75, 3.05) is 24.0 Å². The number of anilines is 2. The summed E-state index contributed by atoms with van der Waals surface area (Å²) in [5.74, 6) is -23.4. The van der Waals surface area contributed by atoms with Crippen molar-refractivity contribution in [1.82, 2.24) is 0 Å². The molecule has 2 aliphatic carbocycles. The molecule has 3 fully saturated rings. The van der Waals surface area contributed by atoms with Gasteiger partial charge in [-0.05, 0) is 72.4 Å². The first-order valence-corrected chi connectivity index (χ1v) is 18.6. The standard InChI is InChI=1S/C42H28Cl2F6N2O7/c1-58-22-10-14-28(59-2)19(15-22)6-3-18-4-8-21(9-5-18)51-37(54)24-12-11-23-25(29(24)38(51)55)17-41(43)39(56)52(36-34(49)32(47)31(46)33(48)35(36)50)40(57)42(41,44)30(23)20-7-13-27(53)26(45)16-20/h3-11,13-16,24-25,29-30,53H,12,17H2,1-2H3/t24-,25+,29-,30-,41+,42-/m0/s1. The Balaban J connectivity index is 1.19. The molecule has 59 heavy (non-hydrogen) atoms. The van der Waals surface area contributed by atoms with Crippen LogP contribution in [0.2, 0.25) is 0 Å². The number of rotatable bonds is 7. The Hall–Kier alpha value is -5.80. The number of carbonyl (C=O) groups excluding carboxylic acids is 4. The van der Waals surface area contributed by atoms with Gasteiger partial charge in [-0.15, -0.1) is 23.2 Å². The van der Waals surface area contributed by atoms with E-state index in [1.54, 1.807) is 54.6 Å². The fourth-order valence-electron chi connectivity index (χ4n) is 8.79. The molecule has 4 aromatic rings. The molecular weight excluding hydrogens is 829 g/mol. The first-order chi connectivity index (χ1) is 28.0. The van der Waals surface area contributed by atoms with Gasteiger partial charge in [0, 0.05) is 11.5 Å². The third-order valence-corrected chi connectivity index (χ3v) is 13.0. The number of nitrogens with zero attached hydrogens (tertiary/aromatic N) is 2. The molecule has 304 valence electrons. The number of halogens is 8. The number of amides is 4. The number of methoxy groups -OCH3 is 2. The smallest absolute Gasteiger partial charge is 0.258 e. The van der Waals surface area contributed by atoms with Crippen molar-refractivity contribution in [1.29, 1.82) is 0 Å². The topological polar surface area (TPSA) is 113 Å². The Morgan fingerprint density at radius 1 is 0.746 bits per heavy atom. The van der Waals surface area contributed by atoms with Crippen LogP contribution < -0.4 is 19.3 Å². The van der Waals surface area contributed by atoms with Gasteiger partial charge in [-0.1, -0.05) is 42.0 Å². The number of phenols is 1. The minimum atomic E-state index is -2.84. The van der Waals surface area contributed by atoms with E-state index < -0.39 is 110 Å². The van der Waals surface area contributed by atoms with Gasteiger partial charge in [0.1, 0.15) is 17.2 Å². The molecule has 2 aliphatic heterocycles. The lowest BCUT2D eigenvalue weighted by Crippen LogP contribution is -2.60. The molecule has 0 bridgehead atoms. The fourth-order valence-corrected chi connectivity index (χ4v) is 9.72. The zero-order valence-electron chi connectivity index (χ0n) is 30.5. The van der Waals surface area contributed by atoms with Gasteiger partial charge in [0.25, 0.3) is 11.8 Å². The predicted molar refractivity (Wildman–Crippen MR) is 202 cm³/mol. The van der Waals surface area contributed by atoms with E-state index in [1.165, 1.54) is 20.3 Å². The van der Waals surface area contributed by atoms with Crippen LogP contribution in [0.3, 0.4) is 0 Å². The van der Waals surface area contributed by atoms with Crippen molar-refractivity contribution < 1.29 is 60.1 Å². The molecule has 0 radical (unpaired) electrons. The second-order valence-corrected chi connectivity index (χ2v) is 15.7. The van der Waals surface area contributed by atoms with Gasteiger partial charge in [-0.2, -0.15) is 0 Å². The molecule has 1 N–H and O–H groups in total. The highest BCUT2D eigenvalue weighted by Crippen LogP contribution is 2.66. The van der Waals surface area contributed by atoms with Crippen LogP contribution in [-0.4, -0.2) is 52.7 Å². The van der Waals surface area contributed by atoms with E-state index in [1.807, 2.05) is 0 Å². The maximum atomic E-state index is 15.3. The first-order valence-electron chi connectivity index (χ1n) is 17.8. The number of benzene rings is 4. The van der Waals surface area contributed by atoms with Crippen LogP contribution in [0, 0.1) is 52.7 Å². The quantitative estimate of drug-likeness (QED) is 0.0380. The summed E-state index contributed by atoms with van der Waals surface area (Å²) in [7, 11) is 3.05. The van der Waals surface area contributed by atoms with Crippen LogP contribution in [0.1, 0.15) is 35.4 Å². The monoisotopic (exact) mass is 856 g/mol. The minimum absolute atomic E-state index is 0.121. The number of imide groups is 2. The van der Waals surface area contributed by atoms with Gasteiger partial charge >= 0.3 is 0 Å². The molecule has 2 heterocycles. The zero-order chi connectivity index (χ0) is 42.5. The summed E-state index contributed by atoms with van der Waals surface area (Å²) in [6.45, 7) is 0. The van der Waals surface area contributed by atoms with E-state index in [4.69, 9.17) is 32.7 Å². The Bertz CT molecular complexity index is 2560. The highest BCUT2D eigenvalue weighted by atomic mass is 35.5. The molecule has 0 spiro atoms. The Morgan fingerprint density at radius 3 is 2.03 bits per heavy atom. The second kappa shape index (κ2) is 14.2. The van der Waals surface area contributed by atoms with Crippen LogP contribution in [0.25, 0.3) is 12.2 Å². The van der Waals surface area contributed by atoms with Crippen LogP contribution in [-0.2, 0) is 19.2 Å². The van der Waals surface area contributed by atoms with Gasteiger partial charge in [0.2, 0.25) is 17.6 Å². The van der Waals surface area contributed by atoms with Crippen molar-refractivity contribution in [3.05, 3.63) is 124 Å². The lowest BCUT2D eigenvalue weighted by atomic mass is 9.56. The summed E-state index contributed by atoms with van der Waals surface area (Å²) in [5.41, 5.74) is -0.420. The third-order valence-electron chi connectivity index (χ3n) is 11.6. The Morgan fingerprint density at radius 2 is 1.41 bits per heavy atom. The molecule has 17 heteroatoms. The second-order valence-electron chi connectivity index (χ2n) is 14.4. The minimum Gasteiger partial charge on any atom is -0.505 e. The average Bonchev–Trinajstić information content (AvgIpc) is 3.57. The van der Waals surface area contributed by atoms with E-state index in [9.17, 15) is 37.5 Å². The molecule has 8 rings (SSSR count). The van der Waals surface area contributed by atoms with Crippen LogP contribution in [0.5, 0.6) is 17.2 Å². The summed E-state index contributed by atoms with van der Waals surface area (Å²) >= 11 is 14.2. The normalized spacial score (nSPS) is 26.3. The maximum absolute atomic E-state index is 15.3. The number of allylic oxidation sites excluding steroid dienone is 2. The zero-order valence-corrected chi connectivity index (χ0v) is 32.1. The van der Waals surface area contributed by atoms with E-state index in [0.717, 1.165) is 23.1 Å². The van der Waals surface area contributed by atoms with Crippen molar-refractivity contribution >= 4 is 70.4 Å². The summed E-state index contributed by atoms with van der Waals surface area (Å²) in [6, 6.07) is 14.5. The molecule has 4 aromatic carbocycles. The molecule has 0 unspecified atom stereocenters. The SMILES string of the molecule is COc1ccc(OC)c(C=Cc2ccc(N3C(=O)[C@H]4[C@H](CC=C5[C@H]4C[C@@]4(Cl)C(=O)N(c6c(F)c(F)c(F)c(F)c6F)C(=O)[C@@]4(Cl)[C@H]5c4ccc(O)c(F)c4)C3=O)cc2)c1. The van der Waals surface area contributed by atoms with Crippen molar-refractivity contribution in [3.63, 3.8) is 0 Å². The van der Waals surface area contributed by atoms with Crippen molar-refractivity contribution in [3.8, 4) is 17.2 Å². The number of hydrogen-bond donors (Lipinski definition) is 1. The van der Waals surface area contributed by atoms with Crippen molar-refractivity contribution in [2.24, 2.45) is 17.8 Å². The molecule has 0 aromatic heterocycles. The number of hydrogen-bond acceptors (Lipinski definition) is 7. The van der Waals surface area contributed by atoms with E-state index in [-0.39, 0.29) is 28.1 Å². The van der Waals surface area contributed by atoms with E-state index >= 15 is 13.2 Å². The lowest BCUT2D eigenvalue weighted by molar-refractivity contribution is -0.125. The number of alkyl halides is 2. The van der Waals surface area contributed by atoms with Crippen LogP contribution >= 0.6 is 23.2 Å². The number of fused-ring (bicyclic) bond motifs is 4. The summed E-state index contributed by atoms with van der Waals surface area (Å²) in [5, 5.41) is 10.00. The van der Waals surface area contributed by atoms with Gasteiger partial charge < -0.3 is 14.6 Å². The predicted octanol–water partition coefficient (Wildman–Crippen LogP) is 8.18. The number of aromatic hydroxyl groups is 1. The van der Waals surface area contributed by atoms with E-state index in [0.29, 0.717) is 22.6 Å². The largest absolute Gasteiger partial charge is 0.505 e. The summed E-state index contributed by atoms with van der Waals surface area (Å²) in [6.07, 6.45) is 4.18. The number of carbonyl (C=O) groups is 4. The van der Waals surface area contributed by atoms with Gasteiger partial charge in [-0.3, -0.25) is 24.1 Å². The highest BCUT2D eigenvalue weighted by molar-refractivity contribution is 6.58. The van der Waals surface area contributed by atoms with E-state index in [2.05, 4.69) is 0 Å². The van der Waals surface area contributed by atoms with Crippen molar-refractivity contribution in [2.45, 2.75) is 28.5 Å². The first kappa shape index (κ1) is 40.0. The van der Waals surface area contributed by atoms with Crippen LogP contribution in [0.4, 0.5) is 37.7 Å². The molecule has 4 aliphatic rings.